The predicted octanol–water partition coefficient (Wildman–Crippen LogP) is 5.35. The van der Waals surface area contributed by atoms with Crippen LogP contribution in [0.4, 0.5) is 0 Å². The fourth-order valence-corrected chi connectivity index (χ4v) is 4.45. The summed E-state index contributed by atoms with van der Waals surface area (Å²) in [5.41, 5.74) is 5.76. The number of aromatic nitrogens is 1. The van der Waals surface area contributed by atoms with Gasteiger partial charge in [-0.1, -0.05) is 18.2 Å². The van der Waals surface area contributed by atoms with Crippen LogP contribution in [-0.4, -0.2) is 18.1 Å². The summed E-state index contributed by atoms with van der Waals surface area (Å²) in [6.07, 6.45) is 5.56. The molecule has 1 aliphatic carbocycles. The summed E-state index contributed by atoms with van der Waals surface area (Å²) in [6, 6.07) is 14.5. The van der Waals surface area contributed by atoms with E-state index in [2.05, 4.69) is 34.0 Å². The Morgan fingerprint density at radius 2 is 2.07 bits per heavy atom. The molecule has 3 N–H and O–H groups in total. The molecule has 0 unspecified atom stereocenters. The van der Waals surface area contributed by atoms with E-state index in [4.69, 9.17) is 9.88 Å². The van der Waals surface area contributed by atoms with Crippen molar-refractivity contribution in [2.24, 2.45) is 5.14 Å². The zero-order valence-electron chi connectivity index (χ0n) is 17.4. The number of nitrogens with two attached hydrogens (primary N) is 1. The smallest absolute Gasteiger partial charge is 0.137 e. The first-order valence-electron chi connectivity index (χ1n) is 9.88. The summed E-state index contributed by atoms with van der Waals surface area (Å²) in [5, 5.41) is 15.2. The molecular formula is C23H26N4OS2. The van der Waals surface area contributed by atoms with Crippen molar-refractivity contribution in [1.29, 1.82) is 5.26 Å². The van der Waals surface area contributed by atoms with Gasteiger partial charge in [0.1, 0.15) is 16.8 Å². The maximum atomic E-state index is 9.44. The molecule has 0 radical (unpaired) electrons. The van der Waals surface area contributed by atoms with Crippen molar-refractivity contribution in [3.8, 4) is 32.8 Å². The van der Waals surface area contributed by atoms with E-state index < -0.39 is 0 Å². The molecule has 0 fully saturated rings. The van der Waals surface area contributed by atoms with Gasteiger partial charge in [-0.25, -0.2) is 4.98 Å². The first-order chi connectivity index (χ1) is 14.6. The van der Waals surface area contributed by atoms with E-state index in [0.717, 1.165) is 29.1 Å². The van der Waals surface area contributed by atoms with Gasteiger partial charge in [0.05, 0.1) is 16.5 Å². The van der Waals surface area contributed by atoms with Gasteiger partial charge in [0.15, 0.2) is 0 Å². The number of hydrogen-bond donors (Lipinski definition) is 2. The van der Waals surface area contributed by atoms with E-state index in [1.54, 1.807) is 18.4 Å². The fourth-order valence-electron chi connectivity index (χ4n) is 3.49. The number of fused-ring (bicyclic) bond motifs is 1. The number of nitriles is 1. The van der Waals surface area contributed by atoms with Gasteiger partial charge in [0.25, 0.3) is 0 Å². The van der Waals surface area contributed by atoms with Crippen molar-refractivity contribution in [2.75, 3.05) is 7.05 Å². The van der Waals surface area contributed by atoms with Crippen molar-refractivity contribution >= 4 is 23.5 Å². The molecule has 0 saturated carbocycles. The zero-order chi connectivity index (χ0) is 21.5. The van der Waals surface area contributed by atoms with Crippen LogP contribution in [0.25, 0.3) is 21.0 Å². The molecule has 2 aromatic carbocycles. The molecule has 0 aliphatic heterocycles. The first-order valence-corrected chi connectivity index (χ1v) is 11.6. The number of nitrogens with zero attached hydrogens (tertiary/aromatic N) is 2. The monoisotopic (exact) mass is 438 g/mol. The number of thiazole rings is 1. The van der Waals surface area contributed by atoms with Crippen LogP contribution >= 0.6 is 23.5 Å². The highest BCUT2D eigenvalue weighted by Crippen LogP contribution is 2.38. The van der Waals surface area contributed by atoms with E-state index in [0.29, 0.717) is 11.3 Å². The van der Waals surface area contributed by atoms with Crippen molar-refractivity contribution in [1.82, 2.24) is 9.71 Å². The van der Waals surface area contributed by atoms with Gasteiger partial charge < -0.3 is 4.74 Å². The quantitative estimate of drug-likeness (QED) is 0.522. The van der Waals surface area contributed by atoms with E-state index in [9.17, 15) is 5.26 Å². The lowest BCUT2D eigenvalue weighted by Crippen LogP contribution is -2.06. The third kappa shape index (κ3) is 5.21. The molecule has 156 valence electrons. The SMILES string of the molecule is CC(C)Oc1ccc(-c2ncc(-c3cccc4c3CCC4)s2)cc1C#N.CNSN. The Labute approximate surface area is 186 Å². The molecule has 1 aromatic heterocycles. The Morgan fingerprint density at radius 1 is 1.27 bits per heavy atom. The molecule has 1 heterocycles. The van der Waals surface area contributed by atoms with Crippen molar-refractivity contribution in [2.45, 2.75) is 39.2 Å². The highest BCUT2D eigenvalue weighted by Gasteiger charge is 2.17. The molecule has 0 atom stereocenters. The summed E-state index contributed by atoms with van der Waals surface area (Å²) in [7, 11) is 1.77. The van der Waals surface area contributed by atoms with Crippen molar-refractivity contribution in [3.05, 3.63) is 59.3 Å². The summed E-state index contributed by atoms with van der Waals surface area (Å²) in [4.78, 5) is 5.82. The molecule has 30 heavy (non-hydrogen) atoms. The predicted molar refractivity (Wildman–Crippen MR) is 126 cm³/mol. The van der Waals surface area contributed by atoms with Crippen LogP contribution in [0.5, 0.6) is 5.75 Å². The third-order valence-electron chi connectivity index (χ3n) is 4.74. The number of benzene rings is 2. The molecule has 0 bridgehead atoms. The number of rotatable bonds is 5. The standard InChI is InChI=1S/C22H20N2OS.CH6N2S/c1-14(2)25-20-10-9-16(11-17(20)12-23)22-24-13-21(26-22)19-8-4-6-15-5-3-7-18(15)19;1-3-4-2/h4,6,8-11,13-14H,3,5,7H2,1-2H3;3H,2H2,1H3. The molecule has 4 rings (SSSR count). The maximum Gasteiger partial charge on any atom is 0.137 e. The van der Waals surface area contributed by atoms with E-state index in [1.807, 2.05) is 38.2 Å². The van der Waals surface area contributed by atoms with Crippen molar-refractivity contribution < 1.29 is 4.74 Å². The Morgan fingerprint density at radius 3 is 2.77 bits per heavy atom. The Balaban J connectivity index is 0.000000589. The fraction of sp³-hybridized carbons (Fsp3) is 0.304. The average molecular weight is 439 g/mol. The lowest BCUT2D eigenvalue weighted by Gasteiger charge is -2.11. The second kappa shape index (κ2) is 10.6. The van der Waals surface area contributed by atoms with Gasteiger partial charge in [-0.05, 0) is 87.2 Å². The van der Waals surface area contributed by atoms with Crippen LogP contribution in [0.2, 0.25) is 0 Å². The van der Waals surface area contributed by atoms with Crippen LogP contribution < -0.4 is 14.6 Å². The van der Waals surface area contributed by atoms with E-state index in [-0.39, 0.29) is 6.10 Å². The van der Waals surface area contributed by atoms with Gasteiger partial charge in [-0.2, -0.15) is 5.26 Å². The number of nitrogens with one attached hydrogen (secondary N) is 1. The number of hydrogen-bond acceptors (Lipinski definition) is 7. The van der Waals surface area contributed by atoms with Crippen LogP contribution in [0.3, 0.4) is 0 Å². The second-order valence-corrected chi connectivity index (χ2v) is 8.81. The number of ether oxygens (including phenoxy) is 1. The molecular weight excluding hydrogens is 412 g/mol. The van der Waals surface area contributed by atoms with Gasteiger partial charge in [-0.3, -0.25) is 9.86 Å². The molecule has 3 aromatic rings. The molecule has 7 heteroatoms. The van der Waals surface area contributed by atoms with Gasteiger partial charge in [-0.15, -0.1) is 11.3 Å². The van der Waals surface area contributed by atoms with Gasteiger partial charge >= 0.3 is 0 Å². The van der Waals surface area contributed by atoms with Crippen molar-refractivity contribution in [3.63, 3.8) is 0 Å². The second-order valence-electron chi connectivity index (χ2n) is 7.14. The number of aryl methyl sites for hydroxylation is 1. The topological polar surface area (TPSA) is 84.0 Å². The zero-order valence-corrected chi connectivity index (χ0v) is 19.1. The summed E-state index contributed by atoms with van der Waals surface area (Å²) in [5.74, 6) is 0.629. The summed E-state index contributed by atoms with van der Waals surface area (Å²) >= 11 is 2.79. The highest BCUT2D eigenvalue weighted by atomic mass is 32.2. The normalized spacial score (nSPS) is 12.1. The summed E-state index contributed by atoms with van der Waals surface area (Å²) < 4.78 is 8.34. The summed E-state index contributed by atoms with van der Waals surface area (Å²) in [6.45, 7) is 3.92. The van der Waals surface area contributed by atoms with E-state index >= 15 is 0 Å². The first kappa shape index (κ1) is 22.3. The average Bonchev–Trinajstić information content (AvgIpc) is 3.43. The molecule has 0 amide bonds. The van der Waals surface area contributed by atoms with Crippen LogP contribution in [0.15, 0.2) is 42.6 Å². The lowest BCUT2D eigenvalue weighted by atomic mass is 10.0. The van der Waals surface area contributed by atoms with Crippen LogP contribution in [0.1, 0.15) is 37.0 Å². The molecule has 0 spiro atoms. The minimum Gasteiger partial charge on any atom is -0.490 e. The third-order valence-corrected chi connectivity index (χ3v) is 6.06. The molecule has 0 saturated heterocycles. The van der Waals surface area contributed by atoms with E-state index in [1.165, 1.54) is 34.4 Å². The van der Waals surface area contributed by atoms with Gasteiger partial charge in [0.2, 0.25) is 0 Å². The lowest BCUT2D eigenvalue weighted by molar-refractivity contribution is 0.242. The molecule has 1 aliphatic rings. The molecule has 5 nitrogen and oxygen atoms in total. The van der Waals surface area contributed by atoms with Crippen LogP contribution in [-0.2, 0) is 12.8 Å². The Kier molecular flexibility index (Phi) is 7.88. The largest absolute Gasteiger partial charge is 0.490 e. The minimum atomic E-state index is 0.0413. The Hall–Kier alpha value is -2.37. The van der Waals surface area contributed by atoms with Gasteiger partial charge in [0, 0.05) is 11.8 Å². The minimum absolute atomic E-state index is 0.0413. The highest BCUT2D eigenvalue weighted by molar-refractivity contribution is 7.95. The Bertz CT molecular complexity index is 1040. The van der Waals surface area contributed by atoms with Crippen LogP contribution in [0, 0.1) is 11.3 Å². The maximum absolute atomic E-state index is 9.44.